The highest BCUT2D eigenvalue weighted by molar-refractivity contribution is 5.26. The van der Waals surface area contributed by atoms with Gasteiger partial charge < -0.3 is 0 Å². The lowest BCUT2D eigenvalue weighted by molar-refractivity contribution is 0.473. The minimum absolute atomic E-state index is 0.0556. The van der Waals surface area contributed by atoms with Crippen LogP contribution in [0, 0.1) is 12.7 Å². The smallest absolute Gasteiger partial charge is 0.123 e. The van der Waals surface area contributed by atoms with Crippen molar-refractivity contribution in [2.24, 2.45) is 5.84 Å². The first-order chi connectivity index (χ1) is 9.67. The third-order valence-electron chi connectivity index (χ3n) is 3.76. The molecule has 0 amide bonds. The van der Waals surface area contributed by atoms with Crippen LogP contribution in [0.4, 0.5) is 4.39 Å². The molecule has 0 heterocycles. The number of hydrogen-bond acceptors (Lipinski definition) is 2. The highest BCUT2D eigenvalue weighted by atomic mass is 19.1. The molecular weight excluding hydrogens is 251 g/mol. The number of benzene rings is 1. The Labute approximate surface area is 122 Å². The van der Waals surface area contributed by atoms with Crippen molar-refractivity contribution in [1.82, 2.24) is 5.43 Å². The first kappa shape index (κ1) is 17.1. The molecule has 0 spiro atoms. The van der Waals surface area contributed by atoms with E-state index in [-0.39, 0.29) is 11.9 Å². The molecular formula is C17H29FN2. The van der Waals surface area contributed by atoms with Crippen LogP contribution < -0.4 is 11.3 Å². The van der Waals surface area contributed by atoms with Crippen LogP contribution in [0.3, 0.4) is 0 Å². The van der Waals surface area contributed by atoms with Crippen molar-refractivity contribution in [2.75, 3.05) is 0 Å². The summed E-state index contributed by atoms with van der Waals surface area (Å²) >= 11 is 0. The van der Waals surface area contributed by atoms with Crippen molar-refractivity contribution in [3.8, 4) is 0 Å². The van der Waals surface area contributed by atoms with Gasteiger partial charge >= 0.3 is 0 Å². The molecule has 114 valence electrons. The highest BCUT2D eigenvalue weighted by Crippen LogP contribution is 2.22. The van der Waals surface area contributed by atoms with Gasteiger partial charge in [-0.25, -0.2) is 4.39 Å². The summed E-state index contributed by atoms with van der Waals surface area (Å²) in [7, 11) is 0. The average molecular weight is 280 g/mol. The molecule has 20 heavy (non-hydrogen) atoms. The second-order valence-electron chi connectivity index (χ2n) is 5.69. The van der Waals surface area contributed by atoms with Crippen LogP contribution in [0.25, 0.3) is 0 Å². The average Bonchev–Trinajstić information content (AvgIpc) is 2.41. The number of nitrogens with one attached hydrogen (secondary N) is 1. The second kappa shape index (κ2) is 9.89. The maximum atomic E-state index is 13.4. The zero-order chi connectivity index (χ0) is 14.8. The molecule has 3 N–H and O–H groups in total. The lowest BCUT2D eigenvalue weighted by Crippen LogP contribution is -2.28. The number of aryl methyl sites for hydroxylation is 1. The van der Waals surface area contributed by atoms with E-state index >= 15 is 0 Å². The van der Waals surface area contributed by atoms with Crippen molar-refractivity contribution in [3.05, 3.63) is 35.1 Å². The molecule has 1 unspecified atom stereocenters. The number of hydrazine groups is 1. The van der Waals surface area contributed by atoms with E-state index in [1.165, 1.54) is 38.5 Å². The van der Waals surface area contributed by atoms with Gasteiger partial charge in [0, 0.05) is 6.04 Å². The van der Waals surface area contributed by atoms with Crippen molar-refractivity contribution < 1.29 is 4.39 Å². The van der Waals surface area contributed by atoms with Crippen LogP contribution >= 0.6 is 0 Å². The Morgan fingerprint density at radius 2 is 1.70 bits per heavy atom. The number of halogens is 1. The van der Waals surface area contributed by atoms with E-state index in [4.69, 9.17) is 5.84 Å². The summed E-state index contributed by atoms with van der Waals surface area (Å²) in [6.07, 6.45) is 9.93. The maximum Gasteiger partial charge on any atom is 0.123 e. The Kier molecular flexibility index (Phi) is 8.47. The van der Waals surface area contributed by atoms with E-state index in [1.807, 2.05) is 13.0 Å². The van der Waals surface area contributed by atoms with Crippen LogP contribution in [-0.2, 0) is 0 Å². The number of unbranched alkanes of at least 4 members (excludes halogenated alkanes) is 6. The summed E-state index contributed by atoms with van der Waals surface area (Å²) in [5, 5.41) is 0. The van der Waals surface area contributed by atoms with Gasteiger partial charge in [0.15, 0.2) is 0 Å². The Balaban J connectivity index is 2.32. The number of nitrogens with two attached hydrogens (primary N) is 1. The summed E-state index contributed by atoms with van der Waals surface area (Å²) in [6, 6.07) is 5.19. The van der Waals surface area contributed by atoms with E-state index in [1.54, 1.807) is 12.1 Å². The fourth-order valence-corrected chi connectivity index (χ4v) is 2.62. The third kappa shape index (κ3) is 6.49. The second-order valence-corrected chi connectivity index (χ2v) is 5.69. The Bertz CT molecular complexity index is 359. The Hall–Kier alpha value is -0.930. The molecule has 2 nitrogen and oxygen atoms in total. The van der Waals surface area contributed by atoms with Gasteiger partial charge in [-0.1, -0.05) is 57.9 Å². The zero-order valence-corrected chi connectivity index (χ0v) is 12.9. The molecule has 0 radical (unpaired) electrons. The maximum absolute atomic E-state index is 13.4. The standard InChI is InChI=1S/C17H29FN2/c1-3-4-5-6-7-8-9-10-17(20-19)15-11-14(2)12-16(18)13-15/h11-13,17,20H,3-10,19H2,1-2H3. The summed E-state index contributed by atoms with van der Waals surface area (Å²) < 4.78 is 13.4. The molecule has 1 atom stereocenters. The van der Waals surface area contributed by atoms with Gasteiger partial charge in [-0.2, -0.15) is 0 Å². The van der Waals surface area contributed by atoms with Crippen LogP contribution in [-0.4, -0.2) is 0 Å². The Morgan fingerprint density at radius 1 is 1.05 bits per heavy atom. The monoisotopic (exact) mass is 280 g/mol. The molecule has 1 aromatic rings. The quantitative estimate of drug-likeness (QED) is 0.368. The lowest BCUT2D eigenvalue weighted by atomic mass is 9.98. The zero-order valence-electron chi connectivity index (χ0n) is 12.9. The van der Waals surface area contributed by atoms with Crippen molar-refractivity contribution >= 4 is 0 Å². The fraction of sp³-hybridized carbons (Fsp3) is 0.647. The molecule has 0 aliphatic heterocycles. The molecule has 0 fully saturated rings. The number of rotatable bonds is 10. The van der Waals surface area contributed by atoms with E-state index in [0.29, 0.717) is 0 Å². The van der Waals surface area contributed by atoms with E-state index in [0.717, 1.165) is 24.0 Å². The van der Waals surface area contributed by atoms with Gasteiger partial charge in [0.05, 0.1) is 0 Å². The first-order valence-electron chi connectivity index (χ1n) is 7.90. The third-order valence-corrected chi connectivity index (χ3v) is 3.76. The summed E-state index contributed by atoms with van der Waals surface area (Å²) in [5.41, 5.74) is 4.72. The van der Waals surface area contributed by atoms with Gasteiger partial charge in [-0.15, -0.1) is 0 Å². The van der Waals surface area contributed by atoms with Gasteiger partial charge in [-0.3, -0.25) is 11.3 Å². The van der Waals surface area contributed by atoms with Crippen molar-refractivity contribution in [3.63, 3.8) is 0 Å². The predicted octanol–water partition coefficient (Wildman–Crippen LogP) is 4.78. The predicted molar refractivity (Wildman–Crippen MR) is 83.8 cm³/mol. The minimum atomic E-state index is -0.181. The molecule has 1 rings (SSSR count). The van der Waals surface area contributed by atoms with Gasteiger partial charge in [0.2, 0.25) is 0 Å². The molecule has 0 saturated heterocycles. The van der Waals surface area contributed by atoms with Gasteiger partial charge in [0.25, 0.3) is 0 Å². The molecule has 0 aliphatic carbocycles. The van der Waals surface area contributed by atoms with Crippen molar-refractivity contribution in [2.45, 2.75) is 71.3 Å². The topological polar surface area (TPSA) is 38.0 Å². The molecule has 0 aliphatic rings. The van der Waals surface area contributed by atoms with Crippen LogP contribution in [0.15, 0.2) is 18.2 Å². The van der Waals surface area contributed by atoms with E-state index in [2.05, 4.69) is 12.3 Å². The van der Waals surface area contributed by atoms with Gasteiger partial charge in [0.1, 0.15) is 5.82 Å². The first-order valence-corrected chi connectivity index (χ1v) is 7.90. The van der Waals surface area contributed by atoms with Crippen LogP contribution in [0.2, 0.25) is 0 Å². The normalized spacial score (nSPS) is 12.6. The van der Waals surface area contributed by atoms with Crippen LogP contribution in [0.1, 0.15) is 75.5 Å². The summed E-state index contributed by atoms with van der Waals surface area (Å²) in [5.74, 6) is 5.43. The van der Waals surface area contributed by atoms with Crippen molar-refractivity contribution in [1.29, 1.82) is 0 Å². The Morgan fingerprint density at radius 3 is 2.30 bits per heavy atom. The summed E-state index contributed by atoms with van der Waals surface area (Å²) in [6.45, 7) is 4.15. The van der Waals surface area contributed by atoms with E-state index < -0.39 is 0 Å². The fourth-order valence-electron chi connectivity index (χ4n) is 2.62. The molecule has 0 saturated carbocycles. The SMILES string of the molecule is CCCCCCCCCC(NN)c1cc(C)cc(F)c1. The molecule has 0 bridgehead atoms. The van der Waals surface area contributed by atoms with Gasteiger partial charge in [-0.05, 0) is 36.6 Å². The largest absolute Gasteiger partial charge is 0.271 e. The molecule has 0 aromatic heterocycles. The number of hydrogen-bond donors (Lipinski definition) is 2. The molecule has 1 aromatic carbocycles. The summed E-state index contributed by atoms with van der Waals surface area (Å²) in [4.78, 5) is 0. The minimum Gasteiger partial charge on any atom is -0.271 e. The highest BCUT2D eigenvalue weighted by Gasteiger charge is 2.10. The van der Waals surface area contributed by atoms with Crippen LogP contribution in [0.5, 0.6) is 0 Å². The lowest BCUT2D eigenvalue weighted by Gasteiger charge is -2.17. The van der Waals surface area contributed by atoms with E-state index in [9.17, 15) is 4.39 Å². The molecule has 3 heteroatoms.